The molecule has 1 aromatic heterocycles. The summed E-state index contributed by atoms with van der Waals surface area (Å²) in [5, 5.41) is 2.77. The molecule has 0 unspecified atom stereocenters. The van der Waals surface area contributed by atoms with Crippen LogP contribution in [0.5, 0.6) is 0 Å². The SMILES string of the molecule is O=C1Nc2ccc(S(=O)(=O)NCCc3ccccc3)cc2/C1=C\c1cccnc1. The van der Waals surface area contributed by atoms with Crippen molar-refractivity contribution in [1.29, 1.82) is 0 Å². The zero-order valence-electron chi connectivity index (χ0n) is 15.5. The number of benzene rings is 2. The fourth-order valence-electron chi connectivity index (χ4n) is 3.16. The fraction of sp³-hybridized carbons (Fsp3) is 0.0909. The van der Waals surface area contributed by atoms with Gasteiger partial charge in [-0.2, -0.15) is 0 Å². The van der Waals surface area contributed by atoms with Gasteiger partial charge >= 0.3 is 0 Å². The Hall–Kier alpha value is -3.29. The van der Waals surface area contributed by atoms with E-state index in [9.17, 15) is 13.2 Å². The third kappa shape index (κ3) is 4.26. The molecule has 0 saturated heterocycles. The maximum atomic E-state index is 12.7. The number of sulfonamides is 1. The third-order valence-corrected chi connectivity index (χ3v) is 6.09. The van der Waals surface area contributed by atoms with Gasteiger partial charge in [-0.05, 0) is 47.9 Å². The van der Waals surface area contributed by atoms with Crippen molar-refractivity contribution in [2.45, 2.75) is 11.3 Å². The number of nitrogens with one attached hydrogen (secondary N) is 2. The minimum Gasteiger partial charge on any atom is -0.321 e. The minimum absolute atomic E-state index is 0.123. The van der Waals surface area contributed by atoms with Gasteiger partial charge < -0.3 is 5.32 Å². The topological polar surface area (TPSA) is 88.2 Å². The summed E-state index contributed by atoms with van der Waals surface area (Å²) in [6.45, 7) is 0.291. The molecule has 7 heteroatoms. The van der Waals surface area contributed by atoms with Crippen molar-refractivity contribution >= 4 is 33.3 Å². The molecule has 29 heavy (non-hydrogen) atoms. The van der Waals surface area contributed by atoms with Crippen LogP contribution in [0.4, 0.5) is 5.69 Å². The van der Waals surface area contributed by atoms with Crippen LogP contribution in [0.2, 0.25) is 0 Å². The van der Waals surface area contributed by atoms with Crippen LogP contribution in [0.1, 0.15) is 16.7 Å². The molecule has 0 atom stereocenters. The van der Waals surface area contributed by atoms with Crippen molar-refractivity contribution in [3.8, 4) is 0 Å². The molecule has 3 aromatic rings. The van der Waals surface area contributed by atoms with E-state index in [4.69, 9.17) is 0 Å². The first-order valence-corrected chi connectivity index (χ1v) is 10.6. The van der Waals surface area contributed by atoms with E-state index in [1.54, 1.807) is 30.6 Å². The molecule has 6 nitrogen and oxygen atoms in total. The monoisotopic (exact) mass is 405 g/mol. The summed E-state index contributed by atoms with van der Waals surface area (Å²) < 4.78 is 28.1. The van der Waals surface area contributed by atoms with Gasteiger partial charge in [-0.1, -0.05) is 36.4 Å². The average molecular weight is 405 g/mol. The molecule has 2 aromatic carbocycles. The maximum absolute atomic E-state index is 12.7. The zero-order chi connectivity index (χ0) is 20.3. The highest BCUT2D eigenvalue weighted by molar-refractivity contribution is 7.89. The van der Waals surface area contributed by atoms with Gasteiger partial charge in [0, 0.05) is 35.8 Å². The summed E-state index contributed by atoms with van der Waals surface area (Å²) >= 11 is 0. The Bertz CT molecular complexity index is 1170. The summed E-state index contributed by atoms with van der Waals surface area (Å²) in [5.41, 5.74) is 3.38. The van der Waals surface area contributed by atoms with Crippen molar-refractivity contribution in [2.75, 3.05) is 11.9 Å². The molecule has 4 rings (SSSR count). The van der Waals surface area contributed by atoms with E-state index in [0.717, 1.165) is 11.1 Å². The Morgan fingerprint density at radius 1 is 1.03 bits per heavy atom. The molecule has 146 valence electrons. The number of anilines is 1. The smallest absolute Gasteiger partial charge is 0.256 e. The highest BCUT2D eigenvalue weighted by Gasteiger charge is 2.26. The molecule has 0 bridgehead atoms. The predicted molar refractivity (Wildman–Crippen MR) is 113 cm³/mol. The Morgan fingerprint density at radius 3 is 2.62 bits per heavy atom. The number of rotatable bonds is 6. The first-order chi connectivity index (χ1) is 14.0. The van der Waals surface area contributed by atoms with Gasteiger partial charge in [-0.25, -0.2) is 13.1 Å². The maximum Gasteiger partial charge on any atom is 0.256 e. The van der Waals surface area contributed by atoms with Crippen molar-refractivity contribution < 1.29 is 13.2 Å². The van der Waals surface area contributed by atoms with Gasteiger partial charge in [-0.15, -0.1) is 0 Å². The third-order valence-electron chi connectivity index (χ3n) is 4.63. The molecule has 2 heterocycles. The molecule has 2 N–H and O–H groups in total. The van der Waals surface area contributed by atoms with Gasteiger partial charge in [0.05, 0.1) is 4.90 Å². The molecule has 0 saturated carbocycles. The lowest BCUT2D eigenvalue weighted by Gasteiger charge is -2.08. The van der Waals surface area contributed by atoms with Crippen LogP contribution in [0.15, 0.2) is 78.0 Å². The number of fused-ring (bicyclic) bond motifs is 1. The van der Waals surface area contributed by atoms with E-state index in [1.807, 2.05) is 36.4 Å². The zero-order valence-corrected chi connectivity index (χ0v) is 16.3. The second kappa shape index (κ2) is 7.98. The van der Waals surface area contributed by atoms with E-state index >= 15 is 0 Å². The first kappa shape index (κ1) is 19.0. The molecule has 0 spiro atoms. The van der Waals surface area contributed by atoms with E-state index in [-0.39, 0.29) is 10.8 Å². The average Bonchev–Trinajstić information content (AvgIpc) is 3.04. The number of nitrogens with zero attached hydrogens (tertiary/aromatic N) is 1. The Morgan fingerprint density at radius 2 is 1.86 bits per heavy atom. The van der Waals surface area contributed by atoms with Gasteiger partial charge in [0.1, 0.15) is 0 Å². The standard InChI is InChI=1S/C22H19N3O3S/c26-22-20(13-17-7-4-11-23-15-17)19-14-18(8-9-21(19)25-22)29(27,28)24-12-10-16-5-2-1-3-6-16/h1-9,11,13-15,24H,10,12H2,(H,25,26)/b20-13+. The largest absolute Gasteiger partial charge is 0.321 e. The Balaban J connectivity index is 1.57. The number of amides is 1. The van der Waals surface area contributed by atoms with E-state index in [2.05, 4.69) is 15.0 Å². The fourth-order valence-corrected chi connectivity index (χ4v) is 4.22. The van der Waals surface area contributed by atoms with Crippen LogP contribution in [0.3, 0.4) is 0 Å². The molecule has 0 fully saturated rings. The highest BCUT2D eigenvalue weighted by Crippen LogP contribution is 2.34. The molecule has 0 aliphatic carbocycles. The van der Waals surface area contributed by atoms with Crippen LogP contribution < -0.4 is 10.0 Å². The van der Waals surface area contributed by atoms with E-state index < -0.39 is 10.0 Å². The Labute approximate surface area is 169 Å². The first-order valence-electron chi connectivity index (χ1n) is 9.14. The van der Waals surface area contributed by atoms with Crippen molar-refractivity contribution in [3.63, 3.8) is 0 Å². The number of carbonyl (C=O) groups excluding carboxylic acids is 1. The summed E-state index contributed by atoms with van der Waals surface area (Å²) in [5.74, 6) is -0.268. The van der Waals surface area contributed by atoms with Crippen LogP contribution in [0.25, 0.3) is 11.6 Å². The summed E-state index contributed by atoms with van der Waals surface area (Å²) in [6, 6.07) is 17.9. The summed E-state index contributed by atoms with van der Waals surface area (Å²) in [6.07, 6.45) is 5.59. The van der Waals surface area contributed by atoms with Crippen LogP contribution in [-0.2, 0) is 21.2 Å². The number of aromatic nitrogens is 1. The van der Waals surface area contributed by atoms with Crippen molar-refractivity contribution in [3.05, 3.63) is 89.7 Å². The number of pyridine rings is 1. The van der Waals surface area contributed by atoms with Gasteiger partial charge in [0.15, 0.2) is 0 Å². The second-order valence-corrected chi connectivity index (χ2v) is 8.41. The van der Waals surface area contributed by atoms with Gasteiger partial charge in [0.25, 0.3) is 5.91 Å². The van der Waals surface area contributed by atoms with Gasteiger partial charge in [0.2, 0.25) is 10.0 Å². The predicted octanol–water partition coefficient (Wildman–Crippen LogP) is 3.10. The molecular formula is C22H19N3O3S. The van der Waals surface area contributed by atoms with Crippen LogP contribution in [-0.4, -0.2) is 25.9 Å². The molecule has 0 radical (unpaired) electrons. The Kier molecular flexibility index (Phi) is 5.24. The minimum atomic E-state index is -3.69. The van der Waals surface area contributed by atoms with Crippen LogP contribution in [0, 0.1) is 0 Å². The quantitative estimate of drug-likeness (QED) is 0.617. The number of hydrogen-bond donors (Lipinski definition) is 2. The number of carbonyl (C=O) groups is 1. The van der Waals surface area contributed by atoms with Crippen molar-refractivity contribution in [2.24, 2.45) is 0 Å². The second-order valence-electron chi connectivity index (χ2n) is 6.64. The van der Waals surface area contributed by atoms with E-state index in [1.165, 1.54) is 12.1 Å². The molecular weight excluding hydrogens is 386 g/mol. The lowest BCUT2D eigenvalue weighted by molar-refractivity contribution is -0.110. The van der Waals surface area contributed by atoms with Crippen molar-refractivity contribution in [1.82, 2.24) is 9.71 Å². The number of hydrogen-bond acceptors (Lipinski definition) is 4. The molecule has 1 aliphatic heterocycles. The molecule has 1 aliphatic rings. The van der Waals surface area contributed by atoms with E-state index in [0.29, 0.717) is 29.8 Å². The normalized spacial score (nSPS) is 14.6. The lowest BCUT2D eigenvalue weighted by atomic mass is 10.0. The molecule has 1 amide bonds. The highest BCUT2D eigenvalue weighted by atomic mass is 32.2. The van der Waals surface area contributed by atoms with Crippen LogP contribution >= 0.6 is 0 Å². The summed E-state index contributed by atoms with van der Waals surface area (Å²) in [4.78, 5) is 16.5. The lowest BCUT2D eigenvalue weighted by Crippen LogP contribution is -2.26. The summed E-state index contributed by atoms with van der Waals surface area (Å²) in [7, 11) is -3.69. The van der Waals surface area contributed by atoms with Gasteiger partial charge in [-0.3, -0.25) is 9.78 Å².